The molecule has 0 aliphatic carbocycles. The molecule has 1 rings (SSSR count). The van der Waals surface area contributed by atoms with Crippen molar-refractivity contribution in [2.75, 3.05) is 6.54 Å². The standard InChI is InChI=1S/C17H27F2N/c1-4-7-8-13(6-3)17(20-11-5-2)15-10-9-14(18)12-16(15)19/h9-10,12-13,17,20H,4-8,11H2,1-3H3. The van der Waals surface area contributed by atoms with Crippen LogP contribution in [0.1, 0.15) is 64.5 Å². The first kappa shape index (κ1) is 17.1. The van der Waals surface area contributed by atoms with Crippen LogP contribution in [0.15, 0.2) is 18.2 Å². The van der Waals surface area contributed by atoms with Crippen molar-refractivity contribution < 1.29 is 8.78 Å². The highest BCUT2D eigenvalue weighted by molar-refractivity contribution is 5.23. The van der Waals surface area contributed by atoms with Crippen LogP contribution in [0.2, 0.25) is 0 Å². The summed E-state index contributed by atoms with van der Waals surface area (Å²) in [4.78, 5) is 0. The van der Waals surface area contributed by atoms with Gasteiger partial charge in [-0.2, -0.15) is 0 Å². The molecule has 114 valence electrons. The van der Waals surface area contributed by atoms with Crippen molar-refractivity contribution in [3.8, 4) is 0 Å². The van der Waals surface area contributed by atoms with Gasteiger partial charge in [-0.15, -0.1) is 0 Å². The minimum atomic E-state index is -0.512. The van der Waals surface area contributed by atoms with Gasteiger partial charge >= 0.3 is 0 Å². The summed E-state index contributed by atoms with van der Waals surface area (Å²) in [5, 5.41) is 3.44. The molecule has 0 aliphatic rings. The molecule has 0 aliphatic heterocycles. The Morgan fingerprint density at radius 2 is 1.85 bits per heavy atom. The van der Waals surface area contributed by atoms with E-state index in [2.05, 4.69) is 26.1 Å². The van der Waals surface area contributed by atoms with Gasteiger partial charge in [-0.3, -0.25) is 0 Å². The smallest absolute Gasteiger partial charge is 0.130 e. The third-order valence-electron chi connectivity index (χ3n) is 3.84. The Morgan fingerprint density at radius 3 is 2.40 bits per heavy atom. The zero-order chi connectivity index (χ0) is 15.0. The fourth-order valence-electron chi connectivity index (χ4n) is 2.66. The summed E-state index contributed by atoms with van der Waals surface area (Å²) in [6.45, 7) is 7.25. The molecule has 1 N–H and O–H groups in total. The van der Waals surface area contributed by atoms with Crippen molar-refractivity contribution in [2.24, 2.45) is 5.92 Å². The fourth-order valence-corrected chi connectivity index (χ4v) is 2.66. The maximum absolute atomic E-state index is 14.1. The molecule has 0 amide bonds. The first-order valence-corrected chi connectivity index (χ1v) is 7.82. The van der Waals surface area contributed by atoms with E-state index in [4.69, 9.17) is 0 Å². The third kappa shape index (κ3) is 4.86. The Bertz CT molecular complexity index is 393. The van der Waals surface area contributed by atoms with Gasteiger partial charge in [0.2, 0.25) is 0 Å². The SMILES string of the molecule is CCCCC(CC)C(NCCC)c1ccc(F)cc1F. The number of rotatable bonds is 9. The zero-order valence-corrected chi connectivity index (χ0v) is 12.9. The van der Waals surface area contributed by atoms with Crippen molar-refractivity contribution in [2.45, 2.75) is 58.9 Å². The van der Waals surface area contributed by atoms with Crippen LogP contribution >= 0.6 is 0 Å². The molecule has 0 bridgehead atoms. The van der Waals surface area contributed by atoms with E-state index in [9.17, 15) is 8.78 Å². The lowest BCUT2D eigenvalue weighted by atomic mass is 9.86. The van der Waals surface area contributed by atoms with E-state index in [1.807, 2.05) is 0 Å². The molecule has 0 fully saturated rings. The summed E-state index contributed by atoms with van der Waals surface area (Å²) < 4.78 is 27.2. The van der Waals surface area contributed by atoms with Gasteiger partial charge in [0.15, 0.2) is 0 Å². The van der Waals surface area contributed by atoms with E-state index in [0.717, 1.165) is 44.7 Å². The van der Waals surface area contributed by atoms with E-state index >= 15 is 0 Å². The number of nitrogens with one attached hydrogen (secondary N) is 1. The molecule has 0 aromatic heterocycles. The molecule has 2 unspecified atom stereocenters. The zero-order valence-electron chi connectivity index (χ0n) is 12.9. The molecular formula is C17H27F2N. The third-order valence-corrected chi connectivity index (χ3v) is 3.84. The number of halogens is 2. The van der Waals surface area contributed by atoms with E-state index in [1.165, 1.54) is 6.07 Å². The monoisotopic (exact) mass is 283 g/mol. The molecule has 1 aromatic rings. The summed E-state index contributed by atoms with van der Waals surface area (Å²) >= 11 is 0. The van der Waals surface area contributed by atoms with Gasteiger partial charge in [0.05, 0.1) is 0 Å². The lowest BCUT2D eigenvalue weighted by molar-refractivity contribution is 0.315. The molecule has 1 aromatic carbocycles. The van der Waals surface area contributed by atoms with Crippen LogP contribution in [0.25, 0.3) is 0 Å². The topological polar surface area (TPSA) is 12.0 Å². The lowest BCUT2D eigenvalue weighted by Crippen LogP contribution is -2.29. The molecule has 2 atom stereocenters. The molecule has 0 saturated heterocycles. The summed E-state index contributed by atoms with van der Waals surface area (Å²) in [5.74, 6) is -0.558. The molecule has 20 heavy (non-hydrogen) atoms. The maximum Gasteiger partial charge on any atom is 0.130 e. The molecule has 0 heterocycles. The summed E-state index contributed by atoms with van der Waals surface area (Å²) in [7, 11) is 0. The van der Waals surface area contributed by atoms with Crippen molar-refractivity contribution in [3.63, 3.8) is 0 Å². The maximum atomic E-state index is 14.1. The van der Waals surface area contributed by atoms with Crippen LogP contribution in [0.4, 0.5) is 8.78 Å². The van der Waals surface area contributed by atoms with Crippen LogP contribution < -0.4 is 5.32 Å². The number of benzene rings is 1. The molecule has 0 radical (unpaired) electrons. The Morgan fingerprint density at radius 1 is 1.10 bits per heavy atom. The highest BCUT2D eigenvalue weighted by atomic mass is 19.1. The summed E-state index contributed by atoms with van der Waals surface area (Å²) in [5.41, 5.74) is 0.600. The average molecular weight is 283 g/mol. The van der Waals surface area contributed by atoms with Gasteiger partial charge in [0.25, 0.3) is 0 Å². The van der Waals surface area contributed by atoms with Crippen LogP contribution in [0.3, 0.4) is 0 Å². The summed E-state index contributed by atoms with van der Waals surface area (Å²) in [6, 6.07) is 3.91. The largest absolute Gasteiger partial charge is 0.310 e. The normalized spacial score (nSPS) is 14.2. The second-order valence-corrected chi connectivity index (χ2v) is 5.41. The van der Waals surface area contributed by atoms with Gasteiger partial charge in [0, 0.05) is 17.7 Å². The van der Waals surface area contributed by atoms with Gasteiger partial charge < -0.3 is 5.32 Å². The first-order valence-electron chi connectivity index (χ1n) is 7.82. The number of hydrogen-bond donors (Lipinski definition) is 1. The predicted octanol–water partition coefficient (Wildman–Crippen LogP) is 5.22. The second kappa shape index (κ2) is 9.06. The Balaban J connectivity index is 2.96. The average Bonchev–Trinajstić information content (AvgIpc) is 2.43. The highest BCUT2D eigenvalue weighted by Crippen LogP contribution is 2.31. The van der Waals surface area contributed by atoms with E-state index in [-0.39, 0.29) is 6.04 Å². The lowest BCUT2D eigenvalue weighted by Gasteiger charge is -2.28. The quantitative estimate of drug-likeness (QED) is 0.655. The Hall–Kier alpha value is -0.960. The Labute approximate surface area is 121 Å². The van der Waals surface area contributed by atoms with Crippen molar-refractivity contribution in [1.29, 1.82) is 0 Å². The van der Waals surface area contributed by atoms with Gasteiger partial charge in [0.1, 0.15) is 11.6 Å². The fraction of sp³-hybridized carbons (Fsp3) is 0.647. The minimum Gasteiger partial charge on any atom is -0.310 e. The van der Waals surface area contributed by atoms with E-state index in [1.54, 1.807) is 6.07 Å². The van der Waals surface area contributed by atoms with E-state index < -0.39 is 11.6 Å². The van der Waals surface area contributed by atoms with Crippen molar-refractivity contribution in [1.82, 2.24) is 5.32 Å². The van der Waals surface area contributed by atoms with Gasteiger partial charge in [-0.05, 0) is 31.4 Å². The van der Waals surface area contributed by atoms with E-state index in [0.29, 0.717) is 11.5 Å². The van der Waals surface area contributed by atoms with Gasteiger partial charge in [-0.25, -0.2) is 8.78 Å². The summed E-state index contributed by atoms with van der Waals surface area (Å²) in [6.07, 6.45) is 5.36. The first-order chi connectivity index (χ1) is 9.63. The second-order valence-electron chi connectivity index (χ2n) is 5.41. The molecule has 0 spiro atoms. The van der Waals surface area contributed by atoms with Crippen LogP contribution in [0.5, 0.6) is 0 Å². The van der Waals surface area contributed by atoms with Crippen LogP contribution in [-0.4, -0.2) is 6.54 Å². The number of unbranched alkanes of at least 4 members (excludes halogenated alkanes) is 1. The molecular weight excluding hydrogens is 256 g/mol. The minimum absolute atomic E-state index is 0.0212. The van der Waals surface area contributed by atoms with Crippen molar-refractivity contribution >= 4 is 0 Å². The Kier molecular flexibility index (Phi) is 7.75. The molecule has 1 nitrogen and oxygen atoms in total. The highest BCUT2D eigenvalue weighted by Gasteiger charge is 2.23. The van der Waals surface area contributed by atoms with Crippen LogP contribution in [0, 0.1) is 17.6 Å². The van der Waals surface area contributed by atoms with Crippen LogP contribution in [-0.2, 0) is 0 Å². The van der Waals surface area contributed by atoms with Crippen molar-refractivity contribution in [3.05, 3.63) is 35.4 Å². The van der Waals surface area contributed by atoms with Gasteiger partial charge in [-0.1, -0.05) is 46.1 Å². The molecule has 3 heteroatoms. The molecule has 0 saturated carbocycles. The predicted molar refractivity (Wildman–Crippen MR) is 80.7 cm³/mol. The number of hydrogen-bond acceptors (Lipinski definition) is 1.